The summed E-state index contributed by atoms with van der Waals surface area (Å²) < 4.78 is 39.2. The molecular weight excluding hydrogens is 513 g/mol. The third-order valence-corrected chi connectivity index (χ3v) is 7.28. The fourth-order valence-electron chi connectivity index (χ4n) is 4.00. The largest absolute Gasteiger partial charge is 0.426 e. The molecule has 3 rings (SSSR count). The van der Waals surface area contributed by atoms with E-state index in [1.807, 2.05) is 41.5 Å². The first-order valence-corrected chi connectivity index (χ1v) is 13.1. The van der Waals surface area contributed by atoms with E-state index in [1.54, 1.807) is 6.07 Å². The van der Waals surface area contributed by atoms with Gasteiger partial charge in [-0.25, -0.2) is 9.18 Å². The van der Waals surface area contributed by atoms with Gasteiger partial charge in [-0.05, 0) is 28.9 Å². The van der Waals surface area contributed by atoms with Gasteiger partial charge in [-0.2, -0.15) is 0 Å². The predicted molar refractivity (Wildman–Crippen MR) is 143 cm³/mol. The second kappa shape index (κ2) is 11.0. The van der Waals surface area contributed by atoms with E-state index in [0.29, 0.717) is 11.3 Å². The number of benzene rings is 1. The van der Waals surface area contributed by atoms with Crippen molar-refractivity contribution in [2.75, 3.05) is 7.11 Å². The summed E-state index contributed by atoms with van der Waals surface area (Å²) in [5.41, 5.74) is -3.05. The fraction of sp³-hybridized carbons (Fsp3) is 0.538. The van der Waals surface area contributed by atoms with Gasteiger partial charge in [-0.15, -0.1) is 6.42 Å². The molecule has 0 amide bonds. The number of aliphatic hydroxyl groups is 1. The maximum absolute atomic E-state index is 15.5. The lowest BCUT2D eigenvalue weighted by Crippen LogP contribution is -2.47. The molecule has 2 aromatic rings. The number of aromatic nitrogens is 2. The molecule has 204 valence electrons. The molecule has 1 aromatic heterocycles. The van der Waals surface area contributed by atoms with Gasteiger partial charge in [-0.3, -0.25) is 23.4 Å². The number of rotatable bonds is 7. The van der Waals surface area contributed by atoms with E-state index in [4.69, 9.17) is 32.6 Å². The first-order valence-electron chi connectivity index (χ1n) is 12.0. The second-order valence-electron chi connectivity index (χ2n) is 11.2. The van der Waals surface area contributed by atoms with Crippen LogP contribution in [-0.4, -0.2) is 41.4 Å². The summed E-state index contributed by atoms with van der Waals surface area (Å²) in [6.07, 6.45) is 5.38. The lowest BCUT2D eigenvalue weighted by molar-refractivity contribution is -0.161. The van der Waals surface area contributed by atoms with Crippen LogP contribution >= 0.6 is 8.60 Å². The average Bonchev–Trinajstić information content (AvgIpc) is 2.78. The number of aromatic amines is 1. The number of aryl methyl sites for hydroxylation is 1. The van der Waals surface area contributed by atoms with Crippen molar-refractivity contribution in [2.24, 2.45) is 0 Å². The zero-order valence-corrected chi connectivity index (χ0v) is 23.6. The Morgan fingerprint density at radius 2 is 1.89 bits per heavy atom. The van der Waals surface area contributed by atoms with Crippen LogP contribution in [0.3, 0.4) is 0 Å². The van der Waals surface area contributed by atoms with Crippen molar-refractivity contribution in [2.45, 2.75) is 83.7 Å². The molecule has 1 aromatic carbocycles. The third-order valence-electron chi connectivity index (χ3n) is 6.17. The summed E-state index contributed by atoms with van der Waals surface area (Å²) in [6.45, 7) is 11.6. The van der Waals surface area contributed by atoms with Crippen molar-refractivity contribution in [3.8, 4) is 18.1 Å². The van der Waals surface area contributed by atoms with Crippen LogP contribution in [0.5, 0.6) is 5.75 Å². The van der Waals surface area contributed by atoms with E-state index in [0.717, 1.165) is 5.56 Å². The molecule has 0 aliphatic carbocycles. The SMILES string of the molecule is [B]C(O)(OP1OCc2c(F)c(C(C)(C)C)cc(C(C)(C)C)c2O1)C(CCn1cc(C#C)c(=O)[nH]c1=O)OC. The van der Waals surface area contributed by atoms with E-state index < -0.39 is 48.3 Å². The summed E-state index contributed by atoms with van der Waals surface area (Å²) >= 11 is 0. The number of nitrogens with zero attached hydrogens (tertiary/aromatic N) is 1. The van der Waals surface area contributed by atoms with Crippen molar-refractivity contribution in [1.82, 2.24) is 9.55 Å². The fourth-order valence-corrected chi connectivity index (χ4v) is 5.09. The van der Waals surface area contributed by atoms with Crippen LogP contribution in [0.4, 0.5) is 4.39 Å². The van der Waals surface area contributed by atoms with E-state index in [1.165, 1.54) is 17.9 Å². The van der Waals surface area contributed by atoms with Gasteiger partial charge < -0.3 is 14.4 Å². The first-order chi connectivity index (χ1) is 17.5. The van der Waals surface area contributed by atoms with Gasteiger partial charge in [0.15, 0.2) is 13.5 Å². The number of halogens is 1. The van der Waals surface area contributed by atoms with Crippen LogP contribution in [-0.2, 0) is 37.8 Å². The van der Waals surface area contributed by atoms with Crippen molar-refractivity contribution >= 4 is 16.4 Å². The van der Waals surface area contributed by atoms with Crippen molar-refractivity contribution in [3.63, 3.8) is 0 Å². The van der Waals surface area contributed by atoms with E-state index >= 15 is 4.39 Å². The number of fused-ring (bicyclic) bond motifs is 1. The number of hydrogen-bond donors (Lipinski definition) is 2. The Morgan fingerprint density at radius 1 is 1.26 bits per heavy atom. The molecule has 3 unspecified atom stereocenters. The van der Waals surface area contributed by atoms with Crippen LogP contribution in [0, 0.1) is 18.2 Å². The molecule has 2 N–H and O–H groups in total. The number of ether oxygens (including phenoxy) is 1. The van der Waals surface area contributed by atoms with E-state index in [2.05, 4.69) is 10.9 Å². The van der Waals surface area contributed by atoms with Gasteiger partial charge in [0.05, 0.1) is 12.2 Å². The Labute approximate surface area is 224 Å². The van der Waals surface area contributed by atoms with Crippen LogP contribution < -0.4 is 15.8 Å². The molecule has 0 bridgehead atoms. The van der Waals surface area contributed by atoms with Crippen molar-refractivity contribution < 1.29 is 27.8 Å². The van der Waals surface area contributed by atoms with Gasteiger partial charge in [0.1, 0.15) is 23.2 Å². The average molecular weight is 546 g/mol. The Kier molecular flexibility index (Phi) is 8.67. The number of H-pyrrole nitrogens is 1. The molecule has 0 spiro atoms. The number of nitrogens with one attached hydrogen (secondary N) is 1. The standard InChI is InChI=1S/C26H33BFN2O7P/c1-9-15-13-30(23(32)29-22(15)31)11-10-19(34-8)26(27,33)37-38-35-14-16-20(28)17(24(2,3)4)12-18(21(16)36-38)25(5,6)7/h1,12-13,19,33H,10-11,14H2,2-8H3,(H,29,31,32). The molecule has 1 aliphatic rings. The van der Waals surface area contributed by atoms with Gasteiger partial charge >= 0.3 is 14.3 Å². The van der Waals surface area contributed by atoms with Crippen LogP contribution in [0.2, 0.25) is 0 Å². The smallest absolute Gasteiger partial charge is 0.399 e. The van der Waals surface area contributed by atoms with Crippen molar-refractivity contribution in [1.29, 1.82) is 0 Å². The highest BCUT2D eigenvalue weighted by atomic mass is 31.2. The summed E-state index contributed by atoms with van der Waals surface area (Å²) in [6, 6.07) is 1.80. The summed E-state index contributed by atoms with van der Waals surface area (Å²) in [5.74, 6) is 2.08. The Hall–Kier alpha value is -2.48. The van der Waals surface area contributed by atoms with Gasteiger partial charge in [0, 0.05) is 25.4 Å². The second-order valence-corrected chi connectivity index (χ2v) is 12.2. The lowest BCUT2D eigenvalue weighted by atomic mass is 9.78. The summed E-state index contributed by atoms with van der Waals surface area (Å²) in [5, 5.41) is 10.9. The Balaban J connectivity index is 1.84. The van der Waals surface area contributed by atoms with Crippen LogP contribution in [0.15, 0.2) is 21.9 Å². The number of hydrogen-bond acceptors (Lipinski definition) is 7. The lowest BCUT2D eigenvalue weighted by Gasteiger charge is -2.37. The van der Waals surface area contributed by atoms with E-state index in [-0.39, 0.29) is 30.7 Å². The molecule has 0 saturated heterocycles. The van der Waals surface area contributed by atoms with Gasteiger partial charge in [-0.1, -0.05) is 47.5 Å². The summed E-state index contributed by atoms with van der Waals surface area (Å²) in [7, 11) is 5.11. The third kappa shape index (κ3) is 6.39. The highest BCUT2D eigenvalue weighted by Crippen LogP contribution is 2.54. The zero-order valence-electron chi connectivity index (χ0n) is 22.7. The minimum Gasteiger partial charge on any atom is -0.426 e. The zero-order chi connectivity index (χ0) is 28.6. The van der Waals surface area contributed by atoms with Crippen LogP contribution in [0.1, 0.15) is 70.2 Å². The molecule has 9 nitrogen and oxygen atoms in total. The minimum atomic E-state index is -2.40. The van der Waals surface area contributed by atoms with Gasteiger partial charge in [0.2, 0.25) is 0 Å². The molecule has 38 heavy (non-hydrogen) atoms. The molecule has 1 aliphatic heterocycles. The Morgan fingerprint density at radius 3 is 2.45 bits per heavy atom. The number of methoxy groups -OCH3 is 1. The topological polar surface area (TPSA) is 112 Å². The molecule has 2 heterocycles. The Bertz CT molecular complexity index is 1350. The summed E-state index contributed by atoms with van der Waals surface area (Å²) in [4.78, 5) is 25.9. The molecule has 0 saturated carbocycles. The molecule has 12 heteroatoms. The quantitative estimate of drug-likeness (QED) is 0.237. The first kappa shape index (κ1) is 30.1. The van der Waals surface area contributed by atoms with Crippen LogP contribution in [0.25, 0.3) is 0 Å². The maximum atomic E-state index is 15.5. The molecule has 3 atom stereocenters. The highest BCUT2D eigenvalue weighted by Gasteiger charge is 2.41. The highest BCUT2D eigenvalue weighted by molar-refractivity contribution is 7.42. The van der Waals surface area contributed by atoms with E-state index in [9.17, 15) is 14.7 Å². The minimum absolute atomic E-state index is 0.00393. The predicted octanol–water partition coefficient (Wildman–Crippen LogP) is 3.32. The monoisotopic (exact) mass is 546 g/mol. The molecule has 2 radical (unpaired) electrons. The molecular formula is C26H33BFN2O7P. The maximum Gasteiger partial charge on any atom is 0.399 e. The molecule has 0 fully saturated rings. The van der Waals surface area contributed by atoms with Crippen molar-refractivity contribution in [3.05, 3.63) is 61.2 Å². The number of terminal acetylenes is 1. The van der Waals surface area contributed by atoms with Gasteiger partial charge in [0.25, 0.3) is 5.56 Å². The normalized spacial score (nSPS) is 18.2.